The van der Waals surface area contributed by atoms with E-state index in [4.69, 9.17) is 9.84 Å². The van der Waals surface area contributed by atoms with E-state index in [0.717, 1.165) is 13.0 Å². The Morgan fingerprint density at radius 1 is 1.36 bits per heavy atom. The zero-order valence-corrected chi connectivity index (χ0v) is 9.29. The van der Waals surface area contributed by atoms with Crippen LogP contribution in [0.1, 0.15) is 52.4 Å². The van der Waals surface area contributed by atoms with Gasteiger partial charge >= 0.3 is 5.97 Å². The van der Waals surface area contributed by atoms with Crippen LogP contribution in [0.5, 0.6) is 0 Å². The number of hydrogen-bond acceptors (Lipinski definition) is 2. The lowest BCUT2D eigenvalue weighted by molar-refractivity contribution is -0.137. The number of hydrogen-bond donors (Lipinski definition) is 1. The van der Waals surface area contributed by atoms with Crippen LogP contribution >= 0.6 is 0 Å². The molecule has 0 fully saturated rings. The van der Waals surface area contributed by atoms with Crippen molar-refractivity contribution in [1.29, 1.82) is 0 Å². The van der Waals surface area contributed by atoms with E-state index in [2.05, 4.69) is 6.92 Å². The molecule has 1 N–H and O–H groups in total. The summed E-state index contributed by atoms with van der Waals surface area (Å²) >= 11 is 0. The number of carbonyl (C=O) groups is 1. The van der Waals surface area contributed by atoms with Crippen LogP contribution in [-0.2, 0) is 9.53 Å². The molecule has 0 rings (SSSR count). The van der Waals surface area contributed by atoms with Crippen LogP contribution in [0.4, 0.5) is 0 Å². The molecule has 0 spiro atoms. The molecule has 0 aliphatic rings. The molecule has 84 valence electrons. The van der Waals surface area contributed by atoms with E-state index in [0.29, 0.717) is 6.42 Å². The third-order valence-electron chi connectivity index (χ3n) is 2.16. The minimum absolute atomic E-state index is 0.0766. The highest BCUT2D eigenvalue weighted by Crippen LogP contribution is 2.04. The SMILES string of the molecule is CCCCCCOC(C)CCC(=O)O. The molecule has 0 aromatic carbocycles. The Bertz CT molecular complexity index is 145. The van der Waals surface area contributed by atoms with Gasteiger partial charge in [0.05, 0.1) is 6.10 Å². The van der Waals surface area contributed by atoms with Crippen LogP contribution in [0.15, 0.2) is 0 Å². The number of carboxylic acids is 1. The van der Waals surface area contributed by atoms with Crippen molar-refractivity contribution >= 4 is 5.97 Å². The number of ether oxygens (including phenoxy) is 1. The normalized spacial score (nSPS) is 12.7. The Labute approximate surface area is 86.5 Å². The van der Waals surface area contributed by atoms with Crippen molar-refractivity contribution in [2.75, 3.05) is 6.61 Å². The highest BCUT2D eigenvalue weighted by atomic mass is 16.5. The third kappa shape index (κ3) is 9.52. The van der Waals surface area contributed by atoms with Crippen molar-refractivity contribution in [3.63, 3.8) is 0 Å². The van der Waals surface area contributed by atoms with Gasteiger partial charge in [0.1, 0.15) is 0 Å². The summed E-state index contributed by atoms with van der Waals surface area (Å²) in [6.45, 7) is 4.87. The van der Waals surface area contributed by atoms with Gasteiger partial charge in [-0.1, -0.05) is 26.2 Å². The van der Waals surface area contributed by atoms with E-state index in [-0.39, 0.29) is 12.5 Å². The van der Waals surface area contributed by atoms with Crippen molar-refractivity contribution in [3.05, 3.63) is 0 Å². The third-order valence-corrected chi connectivity index (χ3v) is 2.16. The van der Waals surface area contributed by atoms with Gasteiger partial charge < -0.3 is 9.84 Å². The lowest BCUT2D eigenvalue weighted by Gasteiger charge is -2.11. The first-order valence-corrected chi connectivity index (χ1v) is 5.50. The smallest absolute Gasteiger partial charge is 0.303 e. The maximum absolute atomic E-state index is 10.3. The summed E-state index contributed by atoms with van der Waals surface area (Å²) in [5, 5.41) is 8.45. The molecule has 1 unspecified atom stereocenters. The number of rotatable bonds is 9. The highest BCUT2D eigenvalue weighted by Gasteiger charge is 2.04. The summed E-state index contributed by atoms with van der Waals surface area (Å²) in [5.74, 6) is -0.744. The fraction of sp³-hybridized carbons (Fsp3) is 0.909. The Morgan fingerprint density at radius 2 is 2.07 bits per heavy atom. The lowest BCUT2D eigenvalue weighted by Crippen LogP contribution is -2.11. The molecule has 0 saturated heterocycles. The molecule has 3 heteroatoms. The molecular formula is C11H22O3. The number of aliphatic carboxylic acids is 1. The zero-order chi connectivity index (χ0) is 10.8. The monoisotopic (exact) mass is 202 g/mol. The van der Waals surface area contributed by atoms with Crippen LogP contribution in [-0.4, -0.2) is 23.8 Å². The van der Waals surface area contributed by atoms with Crippen LogP contribution in [0.2, 0.25) is 0 Å². The molecule has 1 atom stereocenters. The molecule has 0 aromatic heterocycles. The van der Waals surface area contributed by atoms with E-state index in [9.17, 15) is 4.79 Å². The minimum atomic E-state index is -0.744. The molecule has 0 aromatic rings. The van der Waals surface area contributed by atoms with Crippen LogP contribution in [0.25, 0.3) is 0 Å². The largest absolute Gasteiger partial charge is 0.481 e. The van der Waals surface area contributed by atoms with Gasteiger partial charge in [0, 0.05) is 13.0 Å². The summed E-state index contributed by atoms with van der Waals surface area (Å²) < 4.78 is 5.48. The van der Waals surface area contributed by atoms with Crippen molar-refractivity contribution in [1.82, 2.24) is 0 Å². The van der Waals surface area contributed by atoms with E-state index in [1.165, 1.54) is 19.3 Å². The molecule has 0 aliphatic carbocycles. The quantitative estimate of drug-likeness (QED) is 0.585. The maximum Gasteiger partial charge on any atom is 0.303 e. The molecular weight excluding hydrogens is 180 g/mol. The van der Waals surface area contributed by atoms with Gasteiger partial charge in [-0.3, -0.25) is 4.79 Å². The first-order chi connectivity index (χ1) is 6.66. The standard InChI is InChI=1S/C11H22O3/c1-3-4-5-6-9-14-10(2)7-8-11(12)13/h10H,3-9H2,1-2H3,(H,12,13). The lowest BCUT2D eigenvalue weighted by atomic mass is 10.2. The van der Waals surface area contributed by atoms with Crippen LogP contribution < -0.4 is 0 Å². The van der Waals surface area contributed by atoms with Gasteiger partial charge in [0.15, 0.2) is 0 Å². The van der Waals surface area contributed by atoms with Crippen LogP contribution in [0.3, 0.4) is 0 Å². The molecule has 0 radical (unpaired) electrons. The van der Waals surface area contributed by atoms with Crippen molar-refractivity contribution < 1.29 is 14.6 Å². The maximum atomic E-state index is 10.3. The summed E-state index contributed by atoms with van der Waals surface area (Å²) in [6, 6.07) is 0. The fourth-order valence-electron chi connectivity index (χ4n) is 1.22. The Kier molecular flexibility index (Phi) is 8.64. The zero-order valence-electron chi connectivity index (χ0n) is 9.29. The first-order valence-electron chi connectivity index (χ1n) is 5.50. The minimum Gasteiger partial charge on any atom is -0.481 e. The van der Waals surface area contributed by atoms with Crippen molar-refractivity contribution in [3.8, 4) is 0 Å². The number of unbranched alkanes of at least 4 members (excludes halogenated alkanes) is 3. The van der Waals surface area contributed by atoms with Gasteiger partial charge in [-0.15, -0.1) is 0 Å². The van der Waals surface area contributed by atoms with Gasteiger partial charge in [0.25, 0.3) is 0 Å². The molecule has 14 heavy (non-hydrogen) atoms. The molecule has 0 amide bonds. The average molecular weight is 202 g/mol. The highest BCUT2D eigenvalue weighted by molar-refractivity contribution is 5.66. The Hall–Kier alpha value is -0.570. The fourth-order valence-corrected chi connectivity index (χ4v) is 1.22. The average Bonchev–Trinajstić information content (AvgIpc) is 2.14. The summed E-state index contributed by atoms with van der Waals surface area (Å²) in [4.78, 5) is 10.3. The molecule has 3 nitrogen and oxygen atoms in total. The molecule has 0 bridgehead atoms. The van der Waals surface area contributed by atoms with Gasteiger partial charge in [-0.2, -0.15) is 0 Å². The molecule has 0 aliphatic heterocycles. The predicted octanol–water partition coefficient (Wildman–Crippen LogP) is 2.84. The molecule has 0 heterocycles. The Balaban J connectivity index is 3.18. The first kappa shape index (κ1) is 13.4. The van der Waals surface area contributed by atoms with Crippen molar-refractivity contribution in [2.45, 2.75) is 58.5 Å². The molecule has 0 saturated carbocycles. The van der Waals surface area contributed by atoms with Gasteiger partial charge in [-0.05, 0) is 19.8 Å². The second-order valence-electron chi connectivity index (χ2n) is 3.67. The van der Waals surface area contributed by atoms with E-state index >= 15 is 0 Å². The van der Waals surface area contributed by atoms with Gasteiger partial charge in [0.2, 0.25) is 0 Å². The van der Waals surface area contributed by atoms with Gasteiger partial charge in [-0.25, -0.2) is 0 Å². The second kappa shape index (κ2) is 9.00. The van der Waals surface area contributed by atoms with Crippen LogP contribution in [0, 0.1) is 0 Å². The summed E-state index contributed by atoms with van der Waals surface area (Å²) in [7, 11) is 0. The van der Waals surface area contributed by atoms with E-state index in [1.807, 2.05) is 6.92 Å². The van der Waals surface area contributed by atoms with E-state index in [1.54, 1.807) is 0 Å². The Morgan fingerprint density at radius 3 is 2.64 bits per heavy atom. The van der Waals surface area contributed by atoms with Crippen molar-refractivity contribution in [2.24, 2.45) is 0 Å². The topological polar surface area (TPSA) is 46.5 Å². The van der Waals surface area contributed by atoms with E-state index < -0.39 is 5.97 Å². The second-order valence-corrected chi connectivity index (χ2v) is 3.67. The summed E-state index contributed by atoms with van der Waals surface area (Å²) in [5.41, 5.74) is 0. The number of carboxylic acid groups (broad SMARTS) is 1. The predicted molar refractivity (Wildman–Crippen MR) is 56.4 cm³/mol. The summed E-state index contributed by atoms with van der Waals surface area (Å²) in [6.07, 6.45) is 5.68.